The Morgan fingerprint density at radius 1 is 1.36 bits per heavy atom. The van der Waals surface area contributed by atoms with E-state index in [1.54, 1.807) is 24.4 Å². The molecule has 0 atom stereocenters. The predicted octanol–water partition coefficient (Wildman–Crippen LogP) is 2.70. The van der Waals surface area contributed by atoms with Gasteiger partial charge in [-0.15, -0.1) is 0 Å². The first kappa shape index (κ1) is 9.15. The molecule has 0 spiro atoms. The third-order valence-electron chi connectivity index (χ3n) is 1.94. The van der Waals surface area contributed by atoms with E-state index in [2.05, 4.69) is 20.9 Å². The minimum absolute atomic E-state index is 0.253. The summed E-state index contributed by atoms with van der Waals surface area (Å²) >= 11 is 3.37. The molecule has 0 saturated carbocycles. The molecule has 1 aromatic heterocycles. The van der Waals surface area contributed by atoms with Crippen LogP contribution in [0.2, 0.25) is 0 Å². The lowest BCUT2D eigenvalue weighted by molar-refractivity contribution is 0.0697. The summed E-state index contributed by atoms with van der Waals surface area (Å²) in [5.74, 6) is -0.936. The molecule has 2 rings (SSSR count). The van der Waals surface area contributed by atoms with Crippen LogP contribution < -0.4 is 0 Å². The standard InChI is InChI=1S/C10H6BrNO2/c11-8-3-4-12-9-5-6(10(13)14)1-2-7(8)9/h1-5H,(H,13,14). The zero-order valence-electron chi connectivity index (χ0n) is 7.07. The van der Waals surface area contributed by atoms with Crippen molar-refractivity contribution in [3.8, 4) is 0 Å². The third kappa shape index (κ3) is 1.48. The number of pyridine rings is 1. The Morgan fingerprint density at radius 2 is 2.14 bits per heavy atom. The van der Waals surface area contributed by atoms with E-state index in [0.717, 1.165) is 9.86 Å². The number of benzene rings is 1. The highest BCUT2D eigenvalue weighted by Crippen LogP contribution is 2.22. The van der Waals surface area contributed by atoms with Crippen molar-refractivity contribution in [2.75, 3.05) is 0 Å². The van der Waals surface area contributed by atoms with Crippen molar-refractivity contribution in [1.82, 2.24) is 4.98 Å². The van der Waals surface area contributed by atoms with Crippen LogP contribution in [0.4, 0.5) is 0 Å². The molecule has 70 valence electrons. The number of hydrogen-bond acceptors (Lipinski definition) is 2. The summed E-state index contributed by atoms with van der Waals surface area (Å²) in [5.41, 5.74) is 0.933. The first-order chi connectivity index (χ1) is 6.68. The molecule has 0 radical (unpaired) electrons. The number of fused-ring (bicyclic) bond motifs is 1. The number of hydrogen-bond donors (Lipinski definition) is 1. The maximum atomic E-state index is 10.7. The van der Waals surface area contributed by atoms with Crippen molar-refractivity contribution < 1.29 is 9.90 Å². The summed E-state index contributed by atoms with van der Waals surface area (Å²) in [5, 5.41) is 9.69. The van der Waals surface area contributed by atoms with E-state index >= 15 is 0 Å². The van der Waals surface area contributed by atoms with Crippen molar-refractivity contribution in [1.29, 1.82) is 0 Å². The molecule has 4 heteroatoms. The topological polar surface area (TPSA) is 50.2 Å². The monoisotopic (exact) mass is 251 g/mol. The van der Waals surface area contributed by atoms with Gasteiger partial charge in [0.25, 0.3) is 0 Å². The Hall–Kier alpha value is -1.42. The number of carbonyl (C=O) groups is 1. The van der Waals surface area contributed by atoms with E-state index in [1.807, 2.05) is 6.07 Å². The summed E-state index contributed by atoms with van der Waals surface area (Å²) in [6.45, 7) is 0. The fourth-order valence-corrected chi connectivity index (χ4v) is 1.70. The Kier molecular flexibility index (Phi) is 2.21. The van der Waals surface area contributed by atoms with Gasteiger partial charge >= 0.3 is 5.97 Å². The molecule has 0 bridgehead atoms. The van der Waals surface area contributed by atoms with Gasteiger partial charge < -0.3 is 5.11 Å². The average Bonchev–Trinajstić information content (AvgIpc) is 2.17. The molecular weight excluding hydrogens is 246 g/mol. The third-order valence-corrected chi connectivity index (χ3v) is 2.63. The molecule has 0 aliphatic rings. The van der Waals surface area contributed by atoms with Crippen LogP contribution in [0, 0.1) is 0 Å². The van der Waals surface area contributed by atoms with Crippen molar-refractivity contribution >= 4 is 32.8 Å². The lowest BCUT2D eigenvalue weighted by atomic mass is 10.1. The van der Waals surface area contributed by atoms with Crippen molar-refractivity contribution in [2.45, 2.75) is 0 Å². The van der Waals surface area contributed by atoms with Gasteiger partial charge in [-0.2, -0.15) is 0 Å². The SMILES string of the molecule is O=C(O)c1ccc2c(Br)ccnc2c1. The normalized spacial score (nSPS) is 10.4. The van der Waals surface area contributed by atoms with Gasteiger partial charge in [0, 0.05) is 16.1 Å². The van der Waals surface area contributed by atoms with Gasteiger partial charge in [-0.3, -0.25) is 4.98 Å². The number of halogens is 1. The minimum Gasteiger partial charge on any atom is -0.478 e. The summed E-state index contributed by atoms with van der Waals surface area (Å²) in [6, 6.07) is 6.69. The molecule has 0 fully saturated rings. The van der Waals surface area contributed by atoms with Crippen molar-refractivity contribution in [3.05, 3.63) is 40.5 Å². The van der Waals surface area contributed by atoms with E-state index in [0.29, 0.717) is 5.52 Å². The second-order valence-electron chi connectivity index (χ2n) is 2.83. The average molecular weight is 252 g/mol. The van der Waals surface area contributed by atoms with Gasteiger partial charge in [0.15, 0.2) is 0 Å². The van der Waals surface area contributed by atoms with Crippen molar-refractivity contribution in [3.63, 3.8) is 0 Å². The van der Waals surface area contributed by atoms with E-state index in [-0.39, 0.29) is 5.56 Å². The smallest absolute Gasteiger partial charge is 0.335 e. The fourth-order valence-electron chi connectivity index (χ4n) is 1.25. The highest BCUT2D eigenvalue weighted by atomic mass is 79.9. The molecule has 2 aromatic rings. The van der Waals surface area contributed by atoms with Crippen molar-refractivity contribution in [2.24, 2.45) is 0 Å². The quantitative estimate of drug-likeness (QED) is 0.848. The fraction of sp³-hybridized carbons (Fsp3) is 0. The predicted molar refractivity (Wildman–Crippen MR) is 56.4 cm³/mol. The van der Waals surface area contributed by atoms with Crippen LogP contribution in [0.5, 0.6) is 0 Å². The number of carboxylic acids is 1. The number of aromatic nitrogens is 1. The van der Waals surface area contributed by atoms with E-state index in [4.69, 9.17) is 5.11 Å². The Morgan fingerprint density at radius 3 is 2.86 bits per heavy atom. The summed E-state index contributed by atoms with van der Waals surface area (Å²) < 4.78 is 0.916. The molecule has 0 aliphatic heterocycles. The summed E-state index contributed by atoms with van der Waals surface area (Å²) in [4.78, 5) is 14.8. The second-order valence-corrected chi connectivity index (χ2v) is 3.68. The first-order valence-electron chi connectivity index (χ1n) is 3.96. The van der Waals surface area contributed by atoms with Gasteiger partial charge in [0.05, 0.1) is 11.1 Å². The summed E-state index contributed by atoms with van der Waals surface area (Å²) in [6.07, 6.45) is 1.64. The minimum atomic E-state index is -0.936. The van der Waals surface area contributed by atoms with Crippen LogP contribution in [-0.4, -0.2) is 16.1 Å². The Balaban J connectivity index is 2.73. The summed E-state index contributed by atoms with van der Waals surface area (Å²) in [7, 11) is 0. The molecule has 0 saturated heterocycles. The molecule has 0 unspecified atom stereocenters. The van der Waals surface area contributed by atoms with Crippen LogP contribution in [-0.2, 0) is 0 Å². The number of nitrogens with zero attached hydrogens (tertiary/aromatic N) is 1. The highest BCUT2D eigenvalue weighted by Gasteiger charge is 2.05. The van der Waals surface area contributed by atoms with E-state index in [9.17, 15) is 4.79 Å². The maximum Gasteiger partial charge on any atom is 0.335 e. The van der Waals surface area contributed by atoms with Crippen LogP contribution in [0.1, 0.15) is 10.4 Å². The lowest BCUT2D eigenvalue weighted by Gasteiger charge is -2.00. The van der Waals surface area contributed by atoms with Crippen LogP contribution >= 0.6 is 15.9 Å². The maximum absolute atomic E-state index is 10.7. The number of carboxylic acid groups (broad SMARTS) is 1. The van der Waals surface area contributed by atoms with Crippen LogP contribution in [0.15, 0.2) is 34.9 Å². The Bertz CT molecular complexity index is 510. The Labute approximate surface area is 88.5 Å². The van der Waals surface area contributed by atoms with Gasteiger partial charge in [0.1, 0.15) is 0 Å². The molecule has 1 aromatic carbocycles. The molecule has 0 amide bonds. The van der Waals surface area contributed by atoms with E-state index in [1.165, 1.54) is 0 Å². The van der Waals surface area contributed by atoms with Gasteiger partial charge in [-0.25, -0.2) is 4.79 Å². The molecule has 3 nitrogen and oxygen atoms in total. The largest absolute Gasteiger partial charge is 0.478 e. The zero-order chi connectivity index (χ0) is 10.1. The highest BCUT2D eigenvalue weighted by molar-refractivity contribution is 9.10. The second kappa shape index (κ2) is 3.38. The lowest BCUT2D eigenvalue weighted by Crippen LogP contribution is -1.95. The van der Waals surface area contributed by atoms with E-state index < -0.39 is 5.97 Å². The molecule has 1 heterocycles. The first-order valence-corrected chi connectivity index (χ1v) is 4.75. The molecule has 0 aliphatic carbocycles. The molecule has 1 N–H and O–H groups in total. The van der Waals surface area contributed by atoms with Crippen LogP contribution in [0.25, 0.3) is 10.9 Å². The number of rotatable bonds is 1. The van der Waals surface area contributed by atoms with Gasteiger partial charge in [-0.05, 0) is 18.2 Å². The van der Waals surface area contributed by atoms with Gasteiger partial charge in [0.2, 0.25) is 0 Å². The zero-order valence-corrected chi connectivity index (χ0v) is 8.65. The molecular formula is C10H6BrNO2. The molecule has 14 heavy (non-hydrogen) atoms. The van der Waals surface area contributed by atoms with Crippen LogP contribution in [0.3, 0.4) is 0 Å². The number of aromatic carboxylic acids is 1. The van der Waals surface area contributed by atoms with Gasteiger partial charge in [-0.1, -0.05) is 22.0 Å².